The fourth-order valence-electron chi connectivity index (χ4n) is 2.87. The van der Waals surface area contributed by atoms with Gasteiger partial charge in [0.15, 0.2) is 0 Å². The molecule has 1 aliphatic carbocycles. The van der Waals surface area contributed by atoms with E-state index in [9.17, 15) is 9.59 Å². The third kappa shape index (κ3) is 7.33. The molecule has 0 unspecified atom stereocenters. The normalized spacial score (nSPS) is 16.0. The molecule has 0 aliphatic heterocycles. The van der Waals surface area contributed by atoms with Crippen LogP contribution >= 0.6 is 0 Å². The zero-order valence-electron chi connectivity index (χ0n) is 15.9. The zero-order valence-corrected chi connectivity index (χ0v) is 15.9. The van der Waals surface area contributed by atoms with Gasteiger partial charge in [0.05, 0.1) is 0 Å². The Morgan fingerprint density at radius 2 is 1.81 bits per heavy atom. The van der Waals surface area contributed by atoms with E-state index in [4.69, 9.17) is 9.47 Å². The number of esters is 1. The molecule has 0 radical (unpaired) electrons. The number of ether oxygens (including phenoxy) is 2. The highest BCUT2D eigenvalue weighted by Crippen LogP contribution is 2.21. The van der Waals surface area contributed by atoms with Crippen molar-refractivity contribution in [2.24, 2.45) is 0 Å². The van der Waals surface area contributed by atoms with E-state index in [1.807, 2.05) is 30.3 Å². The molecule has 2 N–H and O–H groups in total. The predicted octanol–water partition coefficient (Wildman–Crippen LogP) is 3.87. The molecule has 1 saturated carbocycles. The minimum absolute atomic E-state index is 0.0347. The first-order valence-corrected chi connectivity index (χ1v) is 9.32. The number of amides is 1. The van der Waals surface area contributed by atoms with Crippen LogP contribution in [-0.4, -0.2) is 36.4 Å². The molecule has 1 fully saturated rings. The van der Waals surface area contributed by atoms with E-state index in [-0.39, 0.29) is 6.10 Å². The largest absolute Gasteiger partial charge is 0.461 e. The molecule has 26 heavy (non-hydrogen) atoms. The molecule has 0 bridgehead atoms. The molecule has 0 spiro atoms. The van der Waals surface area contributed by atoms with Gasteiger partial charge >= 0.3 is 12.1 Å². The number of hydrogen-bond acceptors (Lipinski definition) is 5. The SMILES string of the molecule is CC(C)(C)OC(=O)N[C@@H](CCNc1ccccc1)C(=O)OC1CCCC1. The Kier molecular flexibility index (Phi) is 7.30. The summed E-state index contributed by atoms with van der Waals surface area (Å²) in [6.07, 6.45) is 3.73. The van der Waals surface area contributed by atoms with Crippen molar-refractivity contribution < 1.29 is 19.1 Å². The Morgan fingerprint density at radius 3 is 2.42 bits per heavy atom. The molecular formula is C20H30N2O4. The molecule has 2 rings (SSSR count). The number of carbonyl (C=O) groups excluding carboxylic acids is 2. The minimum atomic E-state index is -0.735. The van der Waals surface area contributed by atoms with Crippen molar-refractivity contribution in [3.8, 4) is 0 Å². The van der Waals surface area contributed by atoms with Crippen LogP contribution in [0.1, 0.15) is 52.9 Å². The summed E-state index contributed by atoms with van der Waals surface area (Å²) >= 11 is 0. The summed E-state index contributed by atoms with van der Waals surface area (Å²) < 4.78 is 10.8. The van der Waals surface area contributed by atoms with Crippen LogP contribution in [0.4, 0.5) is 10.5 Å². The summed E-state index contributed by atoms with van der Waals surface area (Å²) in [7, 11) is 0. The lowest BCUT2D eigenvalue weighted by molar-refractivity contribution is -0.151. The van der Waals surface area contributed by atoms with E-state index in [1.54, 1.807) is 20.8 Å². The van der Waals surface area contributed by atoms with Crippen LogP contribution in [0.3, 0.4) is 0 Å². The average Bonchev–Trinajstić information content (AvgIpc) is 3.06. The van der Waals surface area contributed by atoms with E-state index in [1.165, 1.54) is 0 Å². The smallest absolute Gasteiger partial charge is 0.408 e. The summed E-state index contributed by atoms with van der Waals surface area (Å²) in [5, 5.41) is 5.90. The van der Waals surface area contributed by atoms with Gasteiger partial charge in [-0.25, -0.2) is 9.59 Å². The highest BCUT2D eigenvalue weighted by Gasteiger charge is 2.28. The van der Waals surface area contributed by atoms with Crippen molar-refractivity contribution in [3.05, 3.63) is 30.3 Å². The van der Waals surface area contributed by atoms with Gasteiger partial charge in [0.1, 0.15) is 17.7 Å². The Labute approximate surface area is 155 Å². The van der Waals surface area contributed by atoms with Crippen LogP contribution in [0.5, 0.6) is 0 Å². The number of rotatable bonds is 7. The Balaban J connectivity index is 1.90. The maximum atomic E-state index is 12.5. The fraction of sp³-hybridized carbons (Fsp3) is 0.600. The zero-order chi connectivity index (χ0) is 19.0. The second-order valence-electron chi connectivity index (χ2n) is 7.62. The fourth-order valence-corrected chi connectivity index (χ4v) is 2.87. The van der Waals surface area contributed by atoms with Gasteiger partial charge in [0, 0.05) is 12.2 Å². The molecule has 1 aromatic carbocycles. The Morgan fingerprint density at radius 1 is 1.15 bits per heavy atom. The highest BCUT2D eigenvalue weighted by molar-refractivity contribution is 5.81. The second-order valence-corrected chi connectivity index (χ2v) is 7.62. The molecule has 6 heteroatoms. The van der Waals surface area contributed by atoms with E-state index < -0.39 is 23.7 Å². The summed E-state index contributed by atoms with van der Waals surface area (Å²) in [6.45, 7) is 5.89. The molecule has 6 nitrogen and oxygen atoms in total. The topological polar surface area (TPSA) is 76.7 Å². The lowest BCUT2D eigenvalue weighted by Gasteiger charge is -2.24. The predicted molar refractivity (Wildman–Crippen MR) is 101 cm³/mol. The third-order valence-corrected chi connectivity index (χ3v) is 4.10. The maximum Gasteiger partial charge on any atom is 0.408 e. The molecule has 1 amide bonds. The lowest BCUT2D eigenvalue weighted by atomic mass is 10.2. The standard InChI is InChI=1S/C20H30N2O4/c1-20(2,3)26-19(24)22-17(18(23)25-16-11-7-8-12-16)13-14-21-15-9-5-4-6-10-15/h4-6,9-10,16-17,21H,7-8,11-14H2,1-3H3,(H,22,24)/t17-/m0/s1. The number of benzene rings is 1. The monoisotopic (exact) mass is 362 g/mol. The van der Waals surface area contributed by atoms with Crippen molar-refractivity contribution >= 4 is 17.7 Å². The minimum Gasteiger partial charge on any atom is -0.461 e. The number of nitrogens with one attached hydrogen (secondary N) is 2. The number of carbonyl (C=O) groups is 2. The summed E-state index contributed by atoms with van der Waals surface area (Å²) in [6, 6.07) is 8.99. The number of alkyl carbamates (subject to hydrolysis) is 1. The van der Waals surface area contributed by atoms with Crippen LogP contribution in [0.25, 0.3) is 0 Å². The first-order valence-electron chi connectivity index (χ1n) is 9.32. The van der Waals surface area contributed by atoms with Gasteiger partial charge in [0.2, 0.25) is 0 Å². The molecular weight excluding hydrogens is 332 g/mol. The first kappa shape index (κ1) is 20.1. The molecule has 0 saturated heterocycles. The summed E-state index contributed by atoms with van der Waals surface area (Å²) in [5.74, 6) is -0.391. The van der Waals surface area contributed by atoms with Crippen LogP contribution < -0.4 is 10.6 Å². The summed E-state index contributed by atoms with van der Waals surface area (Å²) in [5.41, 5.74) is 0.347. The molecule has 0 heterocycles. The number of anilines is 1. The van der Waals surface area contributed by atoms with Crippen LogP contribution in [-0.2, 0) is 14.3 Å². The third-order valence-electron chi connectivity index (χ3n) is 4.10. The number of hydrogen-bond donors (Lipinski definition) is 2. The van der Waals surface area contributed by atoms with Gasteiger partial charge in [0.25, 0.3) is 0 Å². The first-order chi connectivity index (χ1) is 12.3. The van der Waals surface area contributed by atoms with E-state index in [2.05, 4.69) is 10.6 Å². The number of para-hydroxylation sites is 1. The lowest BCUT2D eigenvalue weighted by Crippen LogP contribution is -2.45. The van der Waals surface area contributed by atoms with Crippen LogP contribution in [0.15, 0.2) is 30.3 Å². The van der Waals surface area contributed by atoms with Crippen molar-refractivity contribution in [2.75, 3.05) is 11.9 Å². The highest BCUT2D eigenvalue weighted by atomic mass is 16.6. The molecule has 1 atom stereocenters. The Hall–Kier alpha value is -2.24. The van der Waals surface area contributed by atoms with E-state index in [0.29, 0.717) is 13.0 Å². The Bertz CT molecular complexity index is 577. The van der Waals surface area contributed by atoms with Gasteiger partial charge in [-0.15, -0.1) is 0 Å². The van der Waals surface area contributed by atoms with Crippen LogP contribution in [0, 0.1) is 0 Å². The maximum absolute atomic E-state index is 12.5. The second kappa shape index (κ2) is 9.46. The molecule has 1 aliphatic rings. The summed E-state index contributed by atoms with van der Waals surface area (Å²) in [4.78, 5) is 24.6. The molecule has 0 aromatic heterocycles. The van der Waals surface area contributed by atoms with Crippen molar-refractivity contribution in [2.45, 2.75) is 70.6 Å². The van der Waals surface area contributed by atoms with Crippen molar-refractivity contribution in [1.82, 2.24) is 5.32 Å². The van der Waals surface area contributed by atoms with Gasteiger partial charge < -0.3 is 20.1 Å². The van der Waals surface area contributed by atoms with Crippen molar-refractivity contribution in [1.29, 1.82) is 0 Å². The van der Waals surface area contributed by atoms with Gasteiger partial charge in [-0.2, -0.15) is 0 Å². The molecule has 1 aromatic rings. The van der Waals surface area contributed by atoms with E-state index >= 15 is 0 Å². The molecule has 144 valence electrons. The van der Waals surface area contributed by atoms with Crippen LogP contribution in [0.2, 0.25) is 0 Å². The van der Waals surface area contributed by atoms with Gasteiger partial charge in [-0.05, 0) is 65.0 Å². The average molecular weight is 362 g/mol. The quantitative estimate of drug-likeness (QED) is 0.720. The van der Waals surface area contributed by atoms with Crippen molar-refractivity contribution in [3.63, 3.8) is 0 Å². The van der Waals surface area contributed by atoms with Gasteiger partial charge in [-0.1, -0.05) is 18.2 Å². The van der Waals surface area contributed by atoms with Gasteiger partial charge in [-0.3, -0.25) is 0 Å². The van der Waals surface area contributed by atoms with E-state index in [0.717, 1.165) is 31.4 Å².